The Bertz CT molecular complexity index is 987. The number of rotatable bonds is 7. The number of anilines is 1. The molecule has 3 aromatic rings. The number of hydrogen-bond donors (Lipinski definition) is 3. The number of carbonyl (C=O) groups is 3. The van der Waals surface area contributed by atoms with Crippen LogP contribution in [-0.4, -0.2) is 17.7 Å². The van der Waals surface area contributed by atoms with Crippen molar-refractivity contribution in [3.63, 3.8) is 0 Å². The zero-order valence-corrected chi connectivity index (χ0v) is 15.7. The lowest BCUT2D eigenvalue weighted by molar-refractivity contribution is -0.116. The highest BCUT2D eigenvalue weighted by molar-refractivity contribution is 5.96. The smallest absolute Gasteiger partial charge is 0.251 e. The van der Waals surface area contributed by atoms with Gasteiger partial charge in [0.15, 0.2) is 0 Å². The molecule has 6 nitrogen and oxygen atoms in total. The minimum atomic E-state index is -0.532. The van der Waals surface area contributed by atoms with Crippen molar-refractivity contribution in [1.82, 2.24) is 5.32 Å². The molecule has 0 saturated carbocycles. The molecule has 3 rings (SSSR count). The van der Waals surface area contributed by atoms with Crippen LogP contribution < -0.4 is 16.4 Å². The minimum Gasteiger partial charge on any atom is -0.366 e. The van der Waals surface area contributed by atoms with Gasteiger partial charge >= 0.3 is 0 Å². The van der Waals surface area contributed by atoms with Crippen molar-refractivity contribution in [3.05, 3.63) is 102 Å². The van der Waals surface area contributed by atoms with E-state index < -0.39 is 11.9 Å². The highest BCUT2D eigenvalue weighted by atomic mass is 16.2. The second-order valence-electron chi connectivity index (χ2n) is 6.50. The Morgan fingerprint density at radius 2 is 1.34 bits per heavy atom. The minimum absolute atomic E-state index is 0.0557. The summed E-state index contributed by atoms with van der Waals surface area (Å²) in [6.45, 7) is 0. The van der Waals surface area contributed by atoms with Crippen molar-refractivity contribution in [2.75, 3.05) is 5.32 Å². The summed E-state index contributed by atoms with van der Waals surface area (Å²) in [4.78, 5) is 36.3. The van der Waals surface area contributed by atoms with Crippen LogP contribution in [0.2, 0.25) is 0 Å². The van der Waals surface area contributed by atoms with Gasteiger partial charge in [-0.2, -0.15) is 0 Å². The van der Waals surface area contributed by atoms with E-state index in [2.05, 4.69) is 10.6 Å². The molecule has 1 atom stereocenters. The van der Waals surface area contributed by atoms with E-state index in [4.69, 9.17) is 5.73 Å². The average Bonchev–Trinajstić information content (AvgIpc) is 2.75. The van der Waals surface area contributed by atoms with Gasteiger partial charge in [-0.05, 0) is 42.0 Å². The zero-order valence-electron chi connectivity index (χ0n) is 15.7. The van der Waals surface area contributed by atoms with Gasteiger partial charge in [0.25, 0.3) is 5.91 Å². The molecule has 3 amide bonds. The topological polar surface area (TPSA) is 101 Å². The van der Waals surface area contributed by atoms with Crippen LogP contribution in [0.4, 0.5) is 5.69 Å². The van der Waals surface area contributed by atoms with Gasteiger partial charge in [-0.25, -0.2) is 0 Å². The van der Waals surface area contributed by atoms with Crippen LogP contribution in [0.1, 0.15) is 38.7 Å². The first kappa shape index (κ1) is 19.8. The maximum Gasteiger partial charge on any atom is 0.251 e. The third-order valence-electron chi connectivity index (χ3n) is 4.39. The third kappa shape index (κ3) is 5.52. The van der Waals surface area contributed by atoms with Crippen molar-refractivity contribution in [3.8, 4) is 0 Å². The normalized spacial score (nSPS) is 11.3. The number of carbonyl (C=O) groups excluding carboxylic acids is 3. The molecule has 6 heteroatoms. The van der Waals surface area contributed by atoms with Gasteiger partial charge in [-0.15, -0.1) is 0 Å². The van der Waals surface area contributed by atoms with Crippen molar-refractivity contribution in [2.45, 2.75) is 12.5 Å². The fourth-order valence-corrected chi connectivity index (χ4v) is 2.88. The largest absolute Gasteiger partial charge is 0.366 e. The van der Waals surface area contributed by atoms with E-state index in [1.165, 1.54) is 0 Å². The second-order valence-corrected chi connectivity index (χ2v) is 6.50. The summed E-state index contributed by atoms with van der Waals surface area (Å²) in [6, 6.07) is 24.0. The van der Waals surface area contributed by atoms with E-state index in [-0.39, 0.29) is 18.2 Å². The fraction of sp³-hybridized carbons (Fsp3) is 0.0870. The summed E-state index contributed by atoms with van der Waals surface area (Å²) in [6.07, 6.45) is 0.0557. The number of benzene rings is 3. The predicted molar refractivity (Wildman–Crippen MR) is 111 cm³/mol. The Balaban J connectivity index is 1.71. The number of nitrogens with two attached hydrogens (primary N) is 1. The molecule has 1 unspecified atom stereocenters. The molecule has 0 aliphatic rings. The highest BCUT2D eigenvalue weighted by Crippen LogP contribution is 2.19. The lowest BCUT2D eigenvalue weighted by atomic mass is 10.0. The lowest BCUT2D eigenvalue weighted by Gasteiger charge is -2.19. The molecule has 29 heavy (non-hydrogen) atoms. The standard InChI is InChI=1S/C23H21N3O3/c24-22(28)17-11-13-19(14-12-17)25-21(27)15-20(16-7-3-1-4-8-16)26-23(29)18-9-5-2-6-10-18/h1-14,20H,15H2,(H2,24,28)(H,25,27)(H,26,29). The second kappa shape index (κ2) is 9.32. The van der Waals surface area contributed by atoms with E-state index in [1.807, 2.05) is 36.4 Å². The van der Waals surface area contributed by atoms with Crippen molar-refractivity contribution >= 4 is 23.4 Å². The van der Waals surface area contributed by atoms with Gasteiger partial charge in [0, 0.05) is 16.8 Å². The Morgan fingerprint density at radius 1 is 0.759 bits per heavy atom. The van der Waals surface area contributed by atoms with Gasteiger partial charge in [-0.1, -0.05) is 48.5 Å². The van der Waals surface area contributed by atoms with Gasteiger partial charge < -0.3 is 16.4 Å². The van der Waals surface area contributed by atoms with Gasteiger partial charge in [0.05, 0.1) is 12.5 Å². The Kier molecular flexibility index (Phi) is 6.37. The van der Waals surface area contributed by atoms with E-state index in [1.54, 1.807) is 48.5 Å². The van der Waals surface area contributed by atoms with Crippen molar-refractivity contribution < 1.29 is 14.4 Å². The van der Waals surface area contributed by atoms with Crippen LogP contribution in [0.5, 0.6) is 0 Å². The van der Waals surface area contributed by atoms with Crippen LogP contribution in [-0.2, 0) is 4.79 Å². The molecule has 0 heterocycles. The van der Waals surface area contributed by atoms with Crippen LogP contribution in [0.15, 0.2) is 84.9 Å². The molecule has 0 fully saturated rings. The molecule has 0 saturated heterocycles. The first-order chi connectivity index (χ1) is 14.0. The van der Waals surface area contributed by atoms with E-state index >= 15 is 0 Å². The van der Waals surface area contributed by atoms with E-state index in [9.17, 15) is 14.4 Å². The van der Waals surface area contributed by atoms with Crippen LogP contribution in [0.3, 0.4) is 0 Å². The summed E-state index contributed by atoms with van der Waals surface area (Å²) >= 11 is 0. The maximum atomic E-state index is 12.6. The summed E-state index contributed by atoms with van der Waals surface area (Å²) < 4.78 is 0. The van der Waals surface area contributed by atoms with Crippen LogP contribution in [0, 0.1) is 0 Å². The van der Waals surface area contributed by atoms with Gasteiger partial charge in [0.2, 0.25) is 11.8 Å². The number of nitrogens with one attached hydrogen (secondary N) is 2. The average molecular weight is 387 g/mol. The molecule has 4 N–H and O–H groups in total. The summed E-state index contributed by atoms with van der Waals surface area (Å²) in [5.41, 5.74) is 7.48. The van der Waals surface area contributed by atoms with Gasteiger partial charge in [0.1, 0.15) is 0 Å². The molecule has 3 aromatic carbocycles. The third-order valence-corrected chi connectivity index (χ3v) is 4.39. The first-order valence-electron chi connectivity index (χ1n) is 9.13. The quantitative estimate of drug-likeness (QED) is 0.580. The maximum absolute atomic E-state index is 12.6. The lowest BCUT2D eigenvalue weighted by Crippen LogP contribution is -2.31. The zero-order chi connectivity index (χ0) is 20.6. The molecule has 0 aliphatic carbocycles. The monoisotopic (exact) mass is 387 g/mol. The molecule has 0 bridgehead atoms. The number of hydrogen-bond acceptors (Lipinski definition) is 3. The summed E-state index contributed by atoms with van der Waals surface area (Å²) in [5.74, 6) is -1.05. The Labute approximate surface area is 168 Å². The number of amides is 3. The van der Waals surface area contributed by atoms with Crippen LogP contribution in [0.25, 0.3) is 0 Å². The van der Waals surface area contributed by atoms with Crippen molar-refractivity contribution in [2.24, 2.45) is 5.73 Å². The van der Waals surface area contributed by atoms with Crippen LogP contribution >= 0.6 is 0 Å². The molecule has 0 radical (unpaired) electrons. The molecule has 0 aliphatic heterocycles. The molecular formula is C23H21N3O3. The molecule has 146 valence electrons. The Morgan fingerprint density at radius 3 is 1.93 bits per heavy atom. The summed E-state index contributed by atoms with van der Waals surface area (Å²) in [7, 11) is 0. The van der Waals surface area contributed by atoms with E-state index in [0.29, 0.717) is 16.8 Å². The molecule has 0 aromatic heterocycles. The predicted octanol–water partition coefficient (Wildman–Crippen LogP) is 3.29. The Hall–Kier alpha value is -3.93. The fourth-order valence-electron chi connectivity index (χ4n) is 2.88. The SMILES string of the molecule is NC(=O)c1ccc(NC(=O)CC(NC(=O)c2ccccc2)c2ccccc2)cc1. The number of primary amides is 1. The van der Waals surface area contributed by atoms with E-state index in [0.717, 1.165) is 5.56 Å². The molecular weight excluding hydrogens is 366 g/mol. The summed E-state index contributed by atoms with van der Waals surface area (Å²) in [5, 5.41) is 5.71. The molecule has 0 spiro atoms. The first-order valence-corrected chi connectivity index (χ1v) is 9.13. The van der Waals surface area contributed by atoms with Crippen molar-refractivity contribution in [1.29, 1.82) is 0 Å². The highest BCUT2D eigenvalue weighted by Gasteiger charge is 2.19. The van der Waals surface area contributed by atoms with Gasteiger partial charge in [-0.3, -0.25) is 14.4 Å².